The van der Waals surface area contributed by atoms with Gasteiger partial charge in [-0.2, -0.15) is 0 Å². The van der Waals surface area contributed by atoms with Crippen LogP contribution in [0.25, 0.3) is 0 Å². The molecule has 0 bridgehead atoms. The minimum absolute atomic E-state index is 0.0622. The van der Waals surface area contributed by atoms with E-state index in [0.717, 1.165) is 48.1 Å². The molecular weight excluding hydrogens is 466 g/mol. The Balaban J connectivity index is 0.00000229. The van der Waals surface area contributed by atoms with Crippen molar-refractivity contribution in [3.05, 3.63) is 120 Å². The zero-order chi connectivity index (χ0) is 28.2. The Morgan fingerprint density at radius 1 is 1.00 bits per heavy atom. The Bertz CT molecular complexity index is 1000. The van der Waals surface area contributed by atoms with Gasteiger partial charge in [0.2, 0.25) is 0 Å². The number of aliphatic carboxylic acids is 1. The third-order valence-electron chi connectivity index (χ3n) is 6.23. The molecule has 206 valence electrons. The van der Waals surface area contributed by atoms with Crippen LogP contribution in [0.3, 0.4) is 0 Å². The molecule has 0 aromatic heterocycles. The summed E-state index contributed by atoms with van der Waals surface area (Å²) in [4.78, 5) is 14.8. The van der Waals surface area contributed by atoms with Crippen molar-refractivity contribution >= 4 is 5.97 Å². The lowest BCUT2D eigenvalue weighted by molar-refractivity contribution is -0.142. The van der Waals surface area contributed by atoms with Crippen molar-refractivity contribution in [2.24, 2.45) is 0 Å². The molecule has 0 aliphatic rings. The van der Waals surface area contributed by atoms with Gasteiger partial charge in [-0.3, -0.25) is 0 Å². The predicted molar refractivity (Wildman–Crippen MR) is 164 cm³/mol. The van der Waals surface area contributed by atoms with Crippen molar-refractivity contribution in [2.75, 3.05) is 6.54 Å². The van der Waals surface area contributed by atoms with E-state index < -0.39 is 12.0 Å². The van der Waals surface area contributed by atoms with Crippen LogP contribution in [0.4, 0.5) is 0 Å². The van der Waals surface area contributed by atoms with E-state index in [1.807, 2.05) is 44.2 Å². The van der Waals surface area contributed by atoms with Gasteiger partial charge in [0.1, 0.15) is 6.04 Å². The fourth-order valence-electron chi connectivity index (χ4n) is 4.53. The number of hydrogen-bond donors (Lipinski definition) is 1. The van der Waals surface area contributed by atoms with E-state index in [2.05, 4.69) is 93.0 Å². The first kappa shape index (κ1) is 32.7. The summed E-state index contributed by atoms with van der Waals surface area (Å²) in [6.07, 6.45) is 15.6. The zero-order valence-electron chi connectivity index (χ0n) is 24.3. The van der Waals surface area contributed by atoms with E-state index in [1.54, 1.807) is 0 Å². The molecule has 0 spiro atoms. The number of carboxylic acid groups (broad SMARTS) is 1. The lowest BCUT2D eigenvalue weighted by Gasteiger charge is -2.38. The minimum Gasteiger partial charge on any atom is -0.480 e. The summed E-state index contributed by atoms with van der Waals surface area (Å²) in [7, 11) is 0. The topological polar surface area (TPSA) is 40.5 Å². The number of rotatable bonds is 15. The summed E-state index contributed by atoms with van der Waals surface area (Å²) in [5.41, 5.74) is 4.51. The van der Waals surface area contributed by atoms with Gasteiger partial charge >= 0.3 is 5.97 Å². The molecule has 0 saturated carbocycles. The Kier molecular flexibility index (Phi) is 17.0. The minimum atomic E-state index is -0.772. The zero-order valence-corrected chi connectivity index (χ0v) is 24.3. The van der Waals surface area contributed by atoms with Crippen molar-refractivity contribution in [1.82, 2.24) is 4.90 Å². The average molecular weight is 516 g/mol. The Morgan fingerprint density at radius 2 is 1.61 bits per heavy atom. The fourth-order valence-corrected chi connectivity index (χ4v) is 4.53. The predicted octanol–water partition coefficient (Wildman–Crippen LogP) is 9.36. The molecule has 0 saturated heterocycles. The Hall–Kier alpha value is -3.33. The van der Waals surface area contributed by atoms with E-state index in [9.17, 15) is 9.90 Å². The third kappa shape index (κ3) is 11.0. The average Bonchev–Trinajstić information content (AvgIpc) is 2.93. The number of unbranched alkanes of at least 4 members (excludes halogenated alkanes) is 1. The van der Waals surface area contributed by atoms with E-state index in [1.165, 1.54) is 6.42 Å². The maximum Gasteiger partial charge on any atom is 0.326 e. The molecule has 0 heterocycles. The molecule has 3 nitrogen and oxygen atoms in total. The molecule has 2 rings (SSSR count). The molecular formula is C35H49NO2. The van der Waals surface area contributed by atoms with Crippen LogP contribution >= 0.6 is 0 Å². The highest BCUT2D eigenvalue weighted by Crippen LogP contribution is 2.37. The number of aryl methyl sites for hydroxylation is 1. The molecule has 2 unspecified atom stereocenters. The van der Waals surface area contributed by atoms with Crippen molar-refractivity contribution in [2.45, 2.75) is 85.1 Å². The smallest absolute Gasteiger partial charge is 0.326 e. The number of carboxylic acids is 1. The van der Waals surface area contributed by atoms with Gasteiger partial charge in [-0.15, -0.1) is 6.58 Å². The summed E-state index contributed by atoms with van der Waals surface area (Å²) in [6, 6.07) is 19.9. The Morgan fingerprint density at radius 3 is 2.11 bits per heavy atom. The number of nitrogens with zero attached hydrogens (tertiary/aromatic N) is 1. The standard InChI is InChI=1S/C32H41NO2.C3H8/c1-5-9-20-27(17-7-3)31(28-21-15-12-16-22-28)29(8-4)33(25-10-6-2)30(32(34)35)24-23-26-18-13-11-14-19-26;1-3-2/h5,7-8,11-22,30-31H,1,6,9-10,23-25H2,2-4H3,(H,34,35);3H2,1-2H3/b17-7-,27-20?,29-8-;. The number of allylic oxidation sites excluding steroid dienone is 6. The van der Waals surface area contributed by atoms with Crippen LogP contribution in [0.5, 0.6) is 0 Å². The normalized spacial score (nSPS) is 13.4. The second kappa shape index (κ2) is 19.7. The van der Waals surface area contributed by atoms with Gasteiger partial charge in [-0.25, -0.2) is 4.79 Å². The van der Waals surface area contributed by atoms with Crippen LogP contribution in [0.1, 0.15) is 83.8 Å². The van der Waals surface area contributed by atoms with E-state index >= 15 is 0 Å². The van der Waals surface area contributed by atoms with Crippen LogP contribution in [-0.2, 0) is 11.2 Å². The van der Waals surface area contributed by atoms with Crippen molar-refractivity contribution in [1.29, 1.82) is 0 Å². The Labute approximate surface area is 232 Å². The molecule has 2 atom stereocenters. The lowest BCUT2D eigenvalue weighted by atomic mass is 9.85. The van der Waals surface area contributed by atoms with E-state index in [0.29, 0.717) is 13.0 Å². The van der Waals surface area contributed by atoms with Gasteiger partial charge in [-0.1, -0.05) is 125 Å². The summed E-state index contributed by atoms with van der Waals surface area (Å²) in [6.45, 7) is 15.1. The maximum atomic E-state index is 12.7. The molecule has 0 aliphatic carbocycles. The molecule has 2 aromatic rings. The number of hydrogen-bond acceptors (Lipinski definition) is 2. The summed E-state index contributed by atoms with van der Waals surface area (Å²) >= 11 is 0. The fraction of sp³-hybridized carbons (Fsp3) is 0.400. The van der Waals surface area contributed by atoms with Crippen LogP contribution in [0, 0.1) is 0 Å². The second-order valence-corrected chi connectivity index (χ2v) is 9.42. The first-order chi connectivity index (χ1) is 18.5. The maximum absolute atomic E-state index is 12.7. The van der Waals surface area contributed by atoms with Gasteiger partial charge in [0.05, 0.1) is 0 Å². The molecule has 38 heavy (non-hydrogen) atoms. The van der Waals surface area contributed by atoms with E-state index in [-0.39, 0.29) is 5.92 Å². The molecule has 0 radical (unpaired) electrons. The summed E-state index contributed by atoms with van der Waals surface area (Å²) in [5.74, 6) is -0.835. The molecule has 1 N–H and O–H groups in total. The SMILES string of the molecule is C=CCC=C(/C=C\C)C(/C(=C/C)N(CCCC)C(CCc1ccccc1)C(=O)O)c1ccccc1.CCC. The summed E-state index contributed by atoms with van der Waals surface area (Å²) < 4.78 is 0. The lowest BCUT2D eigenvalue weighted by Crippen LogP contribution is -2.43. The highest BCUT2D eigenvalue weighted by atomic mass is 16.4. The first-order valence-corrected chi connectivity index (χ1v) is 14.2. The molecule has 0 amide bonds. The van der Waals surface area contributed by atoms with Gasteiger partial charge in [0.25, 0.3) is 0 Å². The van der Waals surface area contributed by atoms with Gasteiger partial charge < -0.3 is 10.0 Å². The molecule has 0 aliphatic heterocycles. The van der Waals surface area contributed by atoms with Crippen LogP contribution in [0.15, 0.2) is 109 Å². The molecule has 0 fully saturated rings. The third-order valence-corrected chi connectivity index (χ3v) is 6.23. The molecule has 2 aromatic carbocycles. The highest BCUT2D eigenvalue weighted by Gasteiger charge is 2.31. The van der Waals surface area contributed by atoms with Crippen molar-refractivity contribution < 1.29 is 9.90 Å². The molecule has 3 heteroatoms. The van der Waals surface area contributed by atoms with Crippen molar-refractivity contribution in [3.63, 3.8) is 0 Å². The number of carbonyl (C=O) groups is 1. The quantitative estimate of drug-likeness (QED) is 0.190. The first-order valence-electron chi connectivity index (χ1n) is 14.2. The van der Waals surface area contributed by atoms with E-state index in [4.69, 9.17) is 0 Å². The van der Waals surface area contributed by atoms with Crippen LogP contribution in [-0.4, -0.2) is 28.6 Å². The van der Waals surface area contributed by atoms with Crippen LogP contribution in [0.2, 0.25) is 0 Å². The largest absolute Gasteiger partial charge is 0.480 e. The highest BCUT2D eigenvalue weighted by molar-refractivity contribution is 5.74. The van der Waals surface area contributed by atoms with Crippen molar-refractivity contribution in [3.8, 4) is 0 Å². The van der Waals surface area contributed by atoms with Gasteiger partial charge in [-0.05, 0) is 56.2 Å². The monoisotopic (exact) mass is 515 g/mol. The summed E-state index contributed by atoms with van der Waals surface area (Å²) in [5, 5.41) is 10.4. The van der Waals surface area contributed by atoms with Gasteiger partial charge in [0.15, 0.2) is 0 Å². The number of benzene rings is 2. The second-order valence-electron chi connectivity index (χ2n) is 9.42. The van der Waals surface area contributed by atoms with Gasteiger partial charge in [0, 0.05) is 18.2 Å². The van der Waals surface area contributed by atoms with Crippen LogP contribution < -0.4 is 0 Å².